The van der Waals surface area contributed by atoms with Crippen LogP contribution in [0, 0.1) is 0 Å². The van der Waals surface area contributed by atoms with E-state index in [1.807, 2.05) is 30.3 Å². The third-order valence-electron chi connectivity index (χ3n) is 4.52. The zero-order valence-corrected chi connectivity index (χ0v) is 16.6. The summed E-state index contributed by atoms with van der Waals surface area (Å²) in [4.78, 5) is 23.5. The van der Waals surface area contributed by atoms with E-state index >= 15 is 0 Å². The quantitative estimate of drug-likeness (QED) is 0.180. The van der Waals surface area contributed by atoms with Gasteiger partial charge in [0, 0.05) is 13.0 Å². The number of aliphatic hydroxyl groups excluding tert-OH is 6. The number of nitrogens with one attached hydrogen (secondary N) is 1. The number of amides is 1. The Morgan fingerprint density at radius 1 is 0.900 bits per heavy atom. The van der Waals surface area contributed by atoms with Crippen LogP contribution in [0.5, 0.6) is 0 Å². The summed E-state index contributed by atoms with van der Waals surface area (Å²) in [6, 6.07) is 9.22. The van der Waals surface area contributed by atoms with Gasteiger partial charge < -0.3 is 40.7 Å². The molecule has 10 heteroatoms. The number of Topliss-reactive ketones (excluding diaryl/α,β-unsaturated/α-hetero) is 1. The Morgan fingerprint density at radius 2 is 1.57 bits per heavy atom. The average molecular weight is 429 g/mol. The number of unbranched alkanes of at least 4 members (excludes halogenated alkanes) is 2. The number of carbonyl (C=O) groups excluding carboxylic acids is 2. The van der Waals surface area contributed by atoms with Gasteiger partial charge in [0.15, 0.2) is 5.78 Å². The van der Waals surface area contributed by atoms with Crippen molar-refractivity contribution in [3.63, 3.8) is 0 Å². The van der Waals surface area contributed by atoms with Gasteiger partial charge in [-0.05, 0) is 18.4 Å². The summed E-state index contributed by atoms with van der Waals surface area (Å²) in [5.74, 6) is -0.734. The van der Waals surface area contributed by atoms with E-state index in [9.17, 15) is 35.1 Å². The van der Waals surface area contributed by atoms with Crippen molar-refractivity contribution in [1.82, 2.24) is 5.32 Å². The van der Waals surface area contributed by atoms with Gasteiger partial charge in [0.05, 0.1) is 6.61 Å². The number of benzene rings is 1. The summed E-state index contributed by atoms with van der Waals surface area (Å²) in [6.07, 6.45) is -8.71. The third-order valence-corrected chi connectivity index (χ3v) is 4.52. The minimum atomic E-state index is -2.00. The second-order valence-electron chi connectivity index (χ2n) is 6.93. The number of ketones is 1. The lowest BCUT2D eigenvalue weighted by molar-refractivity contribution is -0.155. The Bertz CT molecular complexity index is 628. The summed E-state index contributed by atoms with van der Waals surface area (Å²) in [5.41, 5.74) is 0.871. The Hall–Kier alpha value is -2.08. The van der Waals surface area contributed by atoms with Gasteiger partial charge in [-0.3, -0.25) is 4.79 Å². The second kappa shape index (κ2) is 14.0. The Morgan fingerprint density at radius 3 is 2.20 bits per heavy atom. The predicted octanol–water partition coefficient (Wildman–Crippen LogP) is -1.16. The molecule has 0 aliphatic heterocycles. The van der Waals surface area contributed by atoms with Crippen molar-refractivity contribution in [2.45, 2.75) is 62.8 Å². The molecule has 10 nitrogen and oxygen atoms in total. The third kappa shape index (κ3) is 9.16. The number of hydrogen-bond acceptors (Lipinski definition) is 9. The normalized spacial score (nSPS) is 16.2. The monoisotopic (exact) mass is 429 g/mol. The molecule has 0 radical (unpaired) electrons. The van der Waals surface area contributed by atoms with Gasteiger partial charge in [0.25, 0.3) is 0 Å². The molecule has 0 heterocycles. The molecule has 0 saturated carbocycles. The first kappa shape index (κ1) is 26.0. The Labute approximate surface area is 174 Å². The molecule has 7 N–H and O–H groups in total. The molecule has 0 bridgehead atoms. The van der Waals surface area contributed by atoms with E-state index < -0.39 is 49.0 Å². The highest BCUT2D eigenvalue weighted by molar-refractivity contribution is 5.83. The summed E-state index contributed by atoms with van der Waals surface area (Å²) in [6.45, 7) is -0.350. The van der Waals surface area contributed by atoms with E-state index in [1.165, 1.54) is 0 Å². The predicted molar refractivity (Wildman–Crippen MR) is 105 cm³/mol. The molecular formula is C20H31NO9. The number of hydrogen-bond donors (Lipinski definition) is 7. The van der Waals surface area contributed by atoms with E-state index in [4.69, 9.17) is 9.84 Å². The summed E-state index contributed by atoms with van der Waals surface area (Å²) < 4.78 is 5.05. The molecule has 0 saturated heterocycles. The van der Waals surface area contributed by atoms with Crippen LogP contribution in [0.2, 0.25) is 0 Å². The standard InChI is InChI=1S/C20H31NO9/c22-11-15(24)17(26)19(28)18(27)16(25)14(23)9-5-2-6-10-21-20(29)30-12-13-7-3-1-4-8-13/h1,3-4,7-8,15-19,22,24-28H,2,5-6,9-12H2,(H,21,29)/t15-,16?,17-,18+,19+/m1/s1. The van der Waals surface area contributed by atoms with Crippen molar-refractivity contribution in [2.24, 2.45) is 0 Å². The first-order valence-electron chi connectivity index (χ1n) is 9.76. The molecule has 1 aromatic rings. The molecule has 170 valence electrons. The average Bonchev–Trinajstić information content (AvgIpc) is 2.77. The highest BCUT2D eigenvalue weighted by Crippen LogP contribution is 2.12. The highest BCUT2D eigenvalue weighted by Gasteiger charge is 2.36. The zero-order chi connectivity index (χ0) is 22.5. The molecule has 0 fully saturated rings. The maximum Gasteiger partial charge on any atom is 0.407 e. The lowest BCUT2D eigenvalue weighted by Crippen LogP contribution is -2.51. The van der Waals surface area contributed by atoms with Crippen LogP contribution in [-0.2, 0) is 16.1 Å². The van der Waals surface area contributed by atoms with Crippen LogP contribution in [-0.4, -0.2) is 86.2 Å². The van der Waals surface area contributed by atoms with E-state index in [1.54, 1.807) is 0 Å². The van der Waals surface area contributed by atoms with Crippen LogP contribution in [0.3, 0.4) is 0 Å². The molecule has 30 heavy (non-hydrogen) atoms. The minimum Gasteiger partial charge on any atom is -0.445 e. The second-order valence-corrected chi connectivity index (χ2v) is 6.93. The van der Waals surface area contributed by atoms with Crippen molar-refractivity contribution < 1.29 is 45.0 Å². The molecule has 5 atom stereocenters. The number of alkyl carbamates (subject to hydrolysis) is 1. The smallest absolute Gasteiger partial charge is 0.407 e. The molecule has 1 unspecified atom stereocenters. The van der Waals surface area contributed by atoms with Gasteiger partial charge in [-0.1, -0.05) is 36.8 Å². The number of ether oxygens (including phenoxy) is 1. The molecule has 0 aliphatic rings. The van der Waals surface area contributed by atoms with Gasteiger partial charge in [-0.25, -0.2) is 4.79 Å². The first-order valence-corrected chi connectivity index (χ1v) is 9.76. The lowest BCUT2D eigenvalue weighted by Gasteiger charge is -2.27. The van der Waals surface area contributed by atoms with Gasteiger partial charge >= 0.3 is 6.09 Å². The van der Waals surface area contributed by atoms with Gasteiger partial charge in [-0.2, -0.15) is 0 Å². The summed E-state index contributed by atoms with van der Waals surface area (Å²) in [7, 11) is 0. The largest absolute Gasteiger partial charge is 0.445 e. The van der Waals surface area contributed by atoms with Crippen LogP contribution < -0.4 is 5.32 Å². The van der Waals surface area contributed by atoms with E-state index in [2.05, 4.69) is 5.32 Å². The van der Waals surface area contributed by atoms with Crippen LogP contribution in [0.15, 0.2) is 30.3 Å². The maximum atomic E-state index is 11.9. The van der Waals surface area contributed by atoms with Crippen LogP contribution in [0.4, 0.5) is 4.79 Å². The Kier molecular flexibility index (Phi) is 12.1. The molecular weight excluding hydrogens is 398 g/mol. The zero-order valence-electron chi connectivity index (χ0n) is 16.6. The molecule has 0 aromatic heterocycles. The van der Waals surface area contributed by atoms with Crippen molar-refractivity contribution in [3.8, 4) is 0 Å². The summed E-state index contributed by atoms with van der Waals surface area (Å²) >= 11 is 0. The van der Waals surface area contributed by atoms with Crippen LogP contribution in [0.1, 0.15) is 31.2 Å². The number of rotatable bonds is 14. The molecule has 1 rings (SSSR count). The molecule has 1 aromatic carbocycles. The SMILES string of the molecule is O=C(NCCCCCC(=O)C(O)[C@H](O)[C@@H](O)[C@H](O)[C@H](O)CO)OCc1ccccc1. The number of aliphatic hydroxyl groups is 6. The van der Waals surface area contributed by atoms with Gasteiger partial charge in [0.2, 0.25) is 0 Å². The fourth-order valence-corrected chi connectivity index (χ4v) is 2.63. The fraction of sp³-hybridized carbons (Fsp3) is 0.600. The topological polar surface area (TPSA) is 177 Å². The lowest BCUT2D eigenvalue weighted by atomic mass is 9.95. The van der Waals surface area contributed by atoms with Gasteiger partial charge in [-0.15, -0.1) is 0 Å². The molecule has 0 spiro atoms. The fourth-order valence-electron chi connectivity index (χ4n) is 2.63. The van der Waals surface area contributed by atoms with Crippen molar-refractivity contribution in [3.05, 3.63) is 35.9 Å². The highest BCUT2D eigenvalue weighted by atomic mass is 16.5. The first-order chi connectivity index (χ1) is 14.3. The van der Waals surface area contributed by atoms with E-state index in [-0.39, 0.29) is 13.0 Å². The Balaban J connectivity index is 2.17. The van der Waals surface area contributed by atoms with E-state index in [0.717, 1.165) is 5.56 Å². The maximum absolute atomic E-state index is 11.9. The summed E-state index contributed by atoms with van der Waals surface area (Å²) in [5, 5.41) is 59.3. The van der Waals surface area contributed by atoms with Crippen LogP contribution in [0.25, 0.3) is 0 Å². The van der Waals surface area contributed by atoms with Crippen molar-refractivity contribution >= 4 is 11.9 Å². The minimum absolute atomic E-state index is 0.0813. The molecule has 0 aliphatic carbocycles. The molecule has 1 amide bonds. The van der Waals surface area contributed by atoms with Crippen molar-refractivity contribution in [1.29, 1.82) is 0 Å². The van der Waals surface area contributed by atoms with Crippen molar-refractivity contribution in [2.75, 3.05) is 13.2 Å². The number of carbonyl (C=O) groups is 2. The van der Waals surface area contributed by atoms with Crippen LogP contribution >= 0.6 is 0 Å². The van der Waals surface area contributed by atoms with E-state index in [0.29, 0.717) is 25.8 Å². The van der Waals surface area contributed by atoms with Gasteiger partial charge in [0.1, 0.15) is 37.1 Å².